The second-order valence-electron chi connectivity index (χ2n) is 8.18. The van der Waals surface area contributed by atoms with Crippen LogP contribution in [0.1, 0.15) is 36.0 Å². The number of hydrogen-bond donors (Lipinski definition) is 0. The van der Waals surface area contributed by atoms with Crippen molar-refractivity contribution in [2.45, 2.75) is 40.2 Å². The molecule has 0 unspecified atom stereocenters. The van der Waals surface area contributed by atoms with Crippen LogP contribution < -0.4 is 4.90 Å². The van der Waals surface area contributed by atoms with E-state index in [0.717, 1.165) is 44.5 Å². The molecule has 4 rings (SSSR count). The number of piperazine rings is 1. The minimum absolute atomic E-state index is 0.859. The molecule has 5 nitrogen and oxygen atoms in total. The minimum Gasteiger partial charge on any atom is -0.353 e. The molecule has 2 aromatic rings. The van der Waals surface area contributed by atoms with Gasteiger partial charge in [0.05, 0.1) is 11.9 Å². The molecule has 0 N–H and O–H groups in total. The topological polar surface area (TPSA) is 35.5 Å². The maximum Gasteiger partial charge on any atom is 0.146 e. The van der Waals surface area contributed by atoms with E-state index in [1.807, 2.05) is 11.3 Å². The number of rotatable bonds is 3. The summed E-state index contributed by atoms with van der Waals surface area (Å²) in [6.07, 6.45) is 2.59. The van der Waals surface area contributed by atoms with E-state index in [0.29, 0.717) is 0 Å². The number of aryl methyl sites for hydroxylation is 2. The first kappa shape index (κ1) is 18.1. The van der Waals surface area contributed by atoms with Crippen LogP contribution in [0.2, 0.25) is 0 Å². The van der Waals surface area contributed by atoms with Crippen molar-refractivity contribution >= 4 is 27.4 Å². The smallest absolute Gasteiger partial charge is 0.146 e. The summed E-state index contributed by atoms with van der Waals surface area (Å²) < 4.78 is 0. The summed E-state index contributed by atoms with van der Waals surface area (Å²) >= 11 is 1.83. The average Bonchev–Trinajstić information content (AvgIpc) is 2.91. The van der Waals surface area contributed by atoms with Gasteiger partial charge in [-0.2, -0.15) is 0 Å². The van der Waals surface area contributed by atoms with Crippen molar-refractivity contribution < 1.29 is 0 Å². The molecule has 0 amide bonds. The molecule has 2 aliphatic rings. The molecular weight excluding hydrogens is 342 g/mol. The van der Waals surface area contributed by atoms with Gasteiger partial charge in [-0.05, 0) is 58.3 Å². The third kappa shape index (κ3) is 3.59. The summed E-state index contributed by atoms with van der Waals surface area (Å²) in [6.45, 7) is 14.4. The highest BCUT2D eigenvalue weighted by atomic mass is 32.1. The Morgan fingerprint density at radius 1 is 1.00 bits per heavy atom. The van der Waals surface area contributed by atoms with Crippen LogP contribution in [-0.2, 0) is 6.54 Å². The van der Waals surface area contributed by atoms with Gasteiger partial charge in [-0.1, -0.05) is 6.92 Å². The first-order chi connectivity index (χ1) is 12.5. The number of fused-ring (bicyclic) bond motifs is 1. The molecule has 0 atom stereocenters. The van der Waals surface area contributed by atoms with Gasteiger partial charge >= 0.3 is 0 Å². The molecule has 2 fully saturated rings. The Labute approximate surface area is 161 Å². The summed E-state index contributed by atoms with van der Waals surface area (Å²) in [5, 5.41) is 1.29. The monoisotopic (exact) mass is 373 g/mol. The summed E-state index contributed by atoms with van der Waals surface area (Å²) in [6, 6.07) is 0. The van der Waals surface area contributed by atoms with Crippen molar-refractivity contribution in [2.24, 2.45) is 5.92 Å². The fourth-order valence-electron chi connectivity index (χ4n) is 4.01. The minimum atomic E-state index is 0.859. The molecule has 26 heavy (non-hydrogen) atoms. The molecule has 0 saturated carbocycles. The molecule has 4 heterocycles. The Morgan fingerprint density at radius 3 is 2.38 bits per heavy atom. The number of piperidine rings is 1. The van der Waals surface area contributed by atoms with Crippen LogP contribution in [0.3, 0.4) is 0 Å². The van der Waals surface area contributed by atoms with Crippen LogP contribution in [0, 0.1) is 19.8 Å². The quantitative estimate of drug-likeness (QED) is 0.825. The average molecular weight is 374 g/mol. The molecular formula is C20H31N5S. The van der Waals surface area contributed by atoms with E-state index in [2.05, 4.69) is 42.5 Å². The second-order valence-corrected chi connectivity index (χ2v) is 9.38. The Balaban J connectivity index is 1.66. The van der Waals surface area contributed by atoms with Gasteiger partial charge in [0.1, 0.15) is 16.5 Å². The number of anilines is 1. The highest BCUT2D eigenvalue weighted by Crippen LogP contribution is 2.35. The zero-order valence-electron chi connectivity index (χ0n) is 16.6. The highest BCUT2D eigenvalue weighted by Gasteiger charge is 2.23. The molecule has 0 bridgehead atoms. The molecule has 142 valence electrons. The SMILES string of the molecule is Cc1sc2nc(CN3CCC(C)CC3)nc(N3CCN(C)CC3)c2c1C. The normalized spacial score (nSPS) is 21.0. The largest absolute Gasteiger partial charge is 0.353 e. The number of likely N-dealkylation sites (tertiary alicyclic amines) is 1. The number of hydrogen-bond acceptors (Lipinski definition) is 6. The van der Waals surface area contributed by atoms with Crippen molar-refractivity contribution in [1.82, 2.24) is 19.8 Å². The van der Waals surface area contributed by atoms with Gasteiger partial charge in [-0.25, -0.2) is 9.97 Å². The van der Waals surface area contributed by atoms with Gasteiger partial charge in [0.2, 0.25) is 0 Å². The summed E-state index contributed by atoms with van der Waals surface area (Å²) in [7, 11) is 2.20. The molecule has 0 aromatic carbocycles. The molecule has 0 radical (unpaired) electrons. The van der Waals surface area contributed by atoms with Gasteiger partial charge in [0.15, 0.2) is 0 Å². The van der Waals surface area contributed by atoms with Crippen LogP contribution in [0.5, 0.6) is 0 Å². The fraction of sp³-hybridized carbons (Fsp3) is 0.700. The summed E-state index contributed by atoms with van der Waals surface area (Å²) in [5.41, 5.74) is 1.36. The van der Waals surface area contributed by atoms with Gasteiger partial charge in [0.25, 0.3) is 0 Å². The van der Waals surface area contributed by atoms with E-state index < -0.39 is 0 Å². The van der Waals surface area contributed by atoms with E-state index in [9.17, 15) is 0 Å². The fourth-order valence-corrected chi connectivity index (χ4v) is 5.05. The van der Waals surface area contributed by atoms with Gasteiger partial charge < -0.3 is 9.80 Å². The third-order valence-electron chi connectivity index (χ3n) is 6.10. The van der Waals surface area contributed by atoms with E-state index >= 15 is 0 Å². The molecule has 2 aromatic heterocycles. The summed E-state index contributed by atoms with van der Waals surface area (Å²) in [4.78, 5) is 20.0. The zero-order valence-corrected chi connectivity index (χ0v) is 17.4. The molecule has 0 aliphatic carbocycles. The van der Waals surface area contributed by atoms with Gasteiger partial charge in [0, 0.05) is 31.1 Å². The van der Waals surface area contributed by atoms with Crippen LogP contribution >= 0.6 is 11.3 Å². The van der Waals surface area contributed by atoms with E-state index in [1.54, 1.807) is 0 Å². The van der Waals surface area contributed by atoms with Crippen molar-refractivity contribution in [3.8, 4) is 0 Å². The molecule has 6 heteroatoms. The number of thiophene rings is 1. The van der Waals surface area contributed by atoms with Crippen molar-refractivity contribution in [3.05, 3.63) is 16.3 Å². The maximum atomic E-state index is 5.10. The maximum absolute atomic E-state index is 5.10. The predicted molar refractivity (Wildman–Crippen MR) is 110 cm³/mol. The highest BCUT2D eigenvalue weighted by molar-refractivity contribution is 7.18. The molecule has 2 aliphatic heterocycles. The second kappa shape index (κ2) is 7.41. The number of likely N-dealkylation sites (N-methyl/N-ethyl adjacent to an activating group) is 1. The Bertz CT molecular complexity index is 770. The number of aromatic nitrogens is 2. The Morgan fingerprint density at radius 2 is 1.69 bits per heavy atom. The van der Waals surface area contributed by atoms with Gasteiger partial charge in [-0.3, -0.25) is 4.90 Å². The van der Waals surface area contributed by atoms with Crippen molar-refractivity contribution in [1.29, 1.82) is 0 Å². The van der Waals surface area contributed by atoms with Crippen LogP contribution in [0.4, 0.5) is 5.82 Å². The molecule has 0 spiro atoms. The Kier molecular flexibility index (Phi) is 5.17. The van der Waals surface area contributed by atoms with E-state index in [1.165, 1.54) is 52.4 Å². The van der Waals surface area contributed by atoms with Crippen LogP contribution in [-0.4, -0.2) is 66.1 Å². The van der Waals surface area contributed by atoms with Crippen LogP contribution in [0.25, 0.3) is 10.2 Å². The first-order valence-corrected chi connectivity index (χ1v) is 10.8. The van der Waals surface area contributed by atoms with Crippen molar-refractivity contribution in [3.63, 3.8) is 0 Å². The van der Waals surface area contributed by atoms with Crippen LogP contribution in [0.15, 0.2) is 0 Å². The molecule has 2 saturated heterocycles. The summed E-state index contributed by atoms with van der Waals surface area (Å²) in [5.74, 6) is 3.03. The lowest BCUT2D eigenvalue weighted by atomic mass is 9.99. The lowest BCUT2D eigenvalue weighted by Gasteiger charge is -2.34. The third-order valence-corrected chi connectivity index (χ3v) is 7.20. The Hall–Kier alpha value is -1.24. The van der Waals surface area contributed by atoms with Crippen molar-refractivity contribution in [2.75, 3.05) is 51.2 Å². The van der Waals surface area contributed by atoms with Gasteiger partial charge in [-0.15, -0.1) is 11.3 Å². The zero-order chi connectivity index (χ0) is 18.3. The predicted octanol–water partition coefficient (Wildman–Crippen LogP) is 3.29. The lowest BCUT2D eigenvalue weighted by Crippen LogP contribution is -2.45. The van der Waals surface area contributed by atoms with E-state index in [-0.39, 0.29) is 0 Å². The standard InChI is InChI=1S/C20H31N5S/c1-14-5-7-24(8-6-14)13-17-21-19(25-11-9-23(4)10-12-25)18-15(2)16(3)26-20(18)22-17/h14H,5-13H2,1-4H3. The first-order valence-electron chi connectivity index (χ1n) is 9.93. The van der Waals surface area contributed by atoms with E-state index in [4.69, 9.17) is 9.97 Å². The number of nitrogens with zero attached hydrogens (tertiary/aromatic N) is 5. The lowest BCUT2D eigenvalue weighted by molar-refractivity contribution is 0.181.